The van der Waals surface area contributed by atoms with E-state index in [-0.39, 0.29) is 0 Å². The van der Waals surface area contributed by atoms with Gasteiger partial charge in [-0.2, -0.15) is 5.26 Å². The number of nitrogens with zero attached hydrogens (tertiary/aromatic N) is 2. The number of allylic oxidation sites excluding steroid dienone is 1. The molecule has 1 N–H and O–H groups in total. The fourth-order valence-corrected chi connectivity index (χ4v) is 2.93. The largest absolute Gasteiger partial charge is 0.337 e. The second-order valence-corrected chi connectivity index (χ2v) is 5.69. The summed E-state index contributed by atoms with van der Waals surface area (Å²) in [4.78, 5) is 8.81. The highest BCUT2D eigenvalue weighted by atomic mass is 32.1. The summed E-state index contributed by atoms with van der Waals surface area (Å²) in [6.07, 6.45) is 1.89. The summed E-state index contributed by atoms with van der Waals surface area (Å²) in [7, 11) is 0. The fraction of sp³-hybridized carbons (Fsp3) is 0.125. The number of fused-ring (bicyclic) bond motifs is 1. The molecule has 2 heterocycles. The molecule has 0 aliphatic carbocycles. The summed E-state index contributed by atoms with van der Waals surface area (Å²) < 4.78 is 0. The minimum atomic E-state index is 0.560. The Kier molecular flexibility index (Phi) is 3.13. The van der Waals surface area contributed by atoms with Crippen LogP contribution >= 0.6 is 11.3 Å². The third-order valence-corrected chi connectivity index (χ3v) is 4.16. The van der Waals surface area contributed by atoms with Crippen molar-refractivity contribution >= 4 is 34.0 Å². The van der Waals surface area contributed by atoms with Crippen molar-refractivity contribution in [2.75, 3.05) is 0 Å². The van der Waals surface area contributed by atoms with E-state index in [2.05, 4.69) is 16.0 Å². The van der Waals surface area contributed by atoms with Gasteiger partial charge in [-0.05, 0) is 54.6 Å². The Morgan fingerprint density at radius 1 is 1.35 bits per heavy atom. The number of imidazole rings is 1. The van der Waals surface area contributed by atoms with Gasteiger partial charge in [0.15, 0.2) is 0 Å². The number of benzene rings is 1. The molecule has 3 rings (SSSR count). The molecule has 0 aliphatic rings. The van der Waals surface area contributed by atoms with Crippen molar-refractivity contribution in [3.63, 3.8) is 0 Å². The number of aromatic nitrogens is 2. The van der Waals surface area contributed by atoms with E-state index in [1.807, 2.05) is 49.6 Å². The fourth-order valence-electron chi connectivity index (χ4n) is 2.07. The van der Waals surface area contributed by atoms with Gasteiger partial charge in [-0.1, -0.05) is 6.07 Å². The van der Waals surface area contributed by atoms with Crippen molar-refractivity contribution in [2.24, 2.45) is 0 Å². The van der Waals surface area contributed by atoms with Crippen LogP contribution in [-0.4, -0.2) is 9.97 Å². The van der Waals surface area contributed by atoms with E-state index in [0.717, 1.165) is 15.9 Å². The van der Waals surface area contributed by atoms with Crippen LogP contribution in [0.4, 0.5) is 0 Å². The van der Waals surface area contributed by atoms with Gasteiger partial charge < -0.3 is 4.98 Å². The molecule has 3 aromatic rings. The van der Waals surface area contributed by atoms with Gasteiger partial charge in [0.2, 0.25) is 0 Å². The summed E-state index contributed by atoms with van der Waals surface area (Å²) in [6.45, 7) is 4.08. The maximum absolute atomic E-state index is 9.38. The predicted molar refractivity (Wildman–Crippen MR) is 83.4 cm³/mol. The topological polar surface area (TPSA) is 52.5 Å². The zero-order valence-corrected chi connectivity index (χ0v) is 12.1. The van der Waals surface area contributed by atoms with Gasteiger partial charge in [-0.25, -0.2) is 4.98 Å². The lowest BCUT2D eigenvalue weighted by molar-refractivity contribution is 1.27. The molecule has 2 aromatic heterocycles. The van der Waals surface area contributed by atoms with Crippen LogP contribution < -0.4 is 0 Å². The van der Waals surface area contributed by atoms with Gasteiger partial charge in [0.1, 0.15) is 11.9 Å². The maximum Gasteiger partial charge on any atom is 0.149 e. The Morgan fingerprint density at radius 2 is 2.20 bits per heavy atom. The molecule has 1 aromatic carbocycles. The van der Waals surface area contributed by atoms with Gasteiger partial charge in [0.25, 0.3) is 0 Å². The molecule has 0 saturated carbocycles. The number of thiophene rings is 1. The first-order chi connectivity index (χ1) is 9.67. The van der Waals surface area contributed by atoms with Crippen LogP contribution in [0.5, 0.6) is 0 Å². The summed E-state index contributed by atoms with van der Waals surface area (Å²) in [5, 5.41) is 11.4. The van der Waals surface area contributed by atoms with Crippen molar-refractivity contribution in [3.05, 3.63) is 51.5 Å². The van der Waals surface area contributed by atoms with Gasteiger partial charge >= 0.3 is 0 Å². The van der Waals surface area contributed by atoms with Crippen LogP contribution in [0.2, 0.25) is 0 Å². The molecular weight excluding hydrogens is 266 g/mol. The standard InChI is InChI=1S/C16H13N3S/c1-10-3-4-13-14(7-10)19-16(18-13)12(9-17)8-15-11(2)5-6-20-15/h3-8H,1-2H3,(H,18,19)/b12-8+. The molecule has 0 fully saturated rings. The second kappa shape index (κ2) is 4.95. The minimum absolute atomic E-state index is 0.560. The molecule has 0 atom stereocenters. The quantitative estimate of drug-likeness (QED) is 0.711. The van der Waals surface area contributed by atoms with Crippen LogP contribution in [0.25, 0.3) is 22.7 Å². The monoisotopic (exact) mass is 279 g/mol. The molecule has 0 spiro atoms. The molecule has 98 valence electrons. The average molecular weight is 279 g/mol. The molecular formula is C16H13N3S. The highest BCUT2D eigenvalue weighted by Gasteiger charge is 2.09. The lowest BCUT2D eigenvalue weighted by atomic mass is 10.2. The first kappa shape index (κ1) is 12.6. The molecule has 3 nitrogen and oxygen atoms in total. The van der Waals surface area contributed by atoms with Gasteiger partial charge in [-0.3, -0.25) is 0 Å². The number of H-pyrrole nitrogens is 1. The van der Waals surface area contributed by atoms with Crippen molar-refractivity contribution in [2.45, 2.75) is 13.8 Å². The van der Waals surface area contributed by atoms with Crippen molar-refractivity contribution in [1.29, 1.82) is 5.26 Å². The van der Waals surface area contributed by atoms with Crippen molar-refractivity contribution in [3.8, 4) is 6.07 Å². The van der Waals surface area contributed by atoms with Crippen molar-refractivity contribution < 1.29 is 0 Å². The number of nitrogens with one attached hydrogen (secondary N) is 1. The van der Waals surface area contributed by atoms with Crippen molar-refractivity contribution in [1.82, 2.24) is 9.97 Å². The van der Waals surface area contributed by atoms with Gasteiger partial charge in [-0.15, -0.1) is 11.3 Å². The summed E-state index contributed by atoms with van der Waals surface area (Å²) >= 11 is 1.63. The second-order valence-electron chi connectivity index (χ2n) is 4.74. The number of aromatic amines is 1. The van der Waals surface area contributed by atoms with E-state index in [9.17, 15) is 5.26 Å². The van der Waals surface area contributed by atoms with Crippen LogP contribution in [-0.2, 0) is 0 Å². The maximum atomic E-state index is 9.38. The lowest BCUT2D eigenvalue weighted by Crippen LogP contribution is -1.84. The highest BCUT2D eigenvalue weighted by Crippen LogP contribution is 2.24. The highest BCUT2D eigenvalue weighted by molar-refractivity contribution is 7.11. The SMILES string of the molecule is Cc1ccc2nc(/C(C#N)=C/c3sccc3C)[nH]c2c1. The molecule has 0 saturated heterocycles. The number of aryl methyl sites for hydroxylation is 2. The predicted octanol–water partition coefficient (Wildman–Crippen LogP) is 4.31. The Hall–Kier alpha value is -2.38. The van der Waals surface area contributed by atoms with Crippen LogP contribution in [0.3, 0.4) is 0 Å². The molecule has 20 heavy (non-hydrogen) atoms. The number of hydrogen-bond donors (Lipinski definition) is 1. The van der Waals surface area contributed by atoms with E-state index in [4.69, 9.17) is 0 Å². The molecule has 0 bridgehead atoms. The number of hydrogen-bond acceptors (Lipinski definition) is 3. The van der Waals surface area contributed by atoms with E-state index in [1.54, 1.807) is 11.3 Å². The summed E-state index contributed by atoms with van der Waals surface area (Å²) in [5.41, 5.74) is 4.75. The lowest BCUT2D eigenvalue weighted by Gasteiger charge is -1.94. The third kappa shape index (κ3) is 2.24. The van der Waals surface area contributed by atoms with Gasteiger partial charge in [0, 0.05) is 4.88 Å². The Balaban J connectivity index is 2.10. The Morgan fingerprint density at radius 3 is 2.90 bits per heavy atom. The van der Waals surface area contributed by atoms with Crippen LogP contribution in [0, 0.1) is 25.2 Å². The Labute approximate surface area is 121 Å². The Bertz CT molecular complexity index is 846. The molecule has 0 radical (unpaired) electrons. The van der Waals surface area contributed by atoms with E-state index in [1.165, 1.54) is 11.1 Å². The molecule has 0 unspecified atom stereocenters. The first-order valence-corrected chi connectivity index (χ1v) is 7.18. The summed E-state index contributed by atoms with van der Waals surface area (Å²) in [6, 6.07) is 10.3. The molecule has 0 amide bonds. The van der Waals surface area contributed by atoms with E-state index < -0.39 is 0 Å². The van der Waals surface area contributed by atoms with Gasteiger partial charge in [0.05, 0.1) is 16.6 Å². The summed E-state index contributed by atoms with van der Waals surface area (Å²) in [5.74, 6) is 0.626. The average Bonchev–Trinajstić information content (AvgIpc) is 3.01. The molecule has 4 heteroatoms. The zero-order chi connectivity index (χ0) is 14.1. The number of rotatable bonds is 2. The third-order valence-electron chi connectivity index (χ3n) is 3.19. The molecule has 0 aliphatic heterocycles. The number of nitriles is 1. The van der Waals surface area contributed by atoms with E-state index >= 15 is 0 Å². The first-order valence-electron chi connectivity index (χ1n) is 6.30. The normalized spacial score (nSPS) is 11.8. The minimum Gasteiger partial charge on any atom is -0.337 e. The van der Waals surface area contributed by atoms with Crippen LogP contribution in [0.15, 0.2) is 29.6 Å². The smallest absolute Gasteiger partial charge is 0.149 e. The van der Waals surface area contributed by atoms with E-state index in [0.29, 0.717) is 11.4 Å². The zero-order valence-electron chi connectivity index (χ0n) is 11.3. The van der Waals surface area contributed by atoms with Crippen LogP contribution in [0.1, 0.15) is 21.8 Å².